The van der Waals surface area contributed by atoms with Crippen LogP contribution < -0.4 is 14.8 Å². The monoisotopic (exact) mass is 447 g/mol. The summed E-state index contributed by atoms with van der Waals surface area (Å²) >= 11 is 3.57. The minimum absolute atomic E-state index is 0.0247. The zero-order valence-corrected chi connectivity index (χ0v) is 18.9. The van der Waals surface area contributed by atoms with E-state index in [0.717, 1.165) is 21.7 Å². The Hall–Kier alpha value is -2.01. The molecule has 2 rings (SSSR count). The quantitative estimate of drug-likeness (QED) is 0.480. The Morgan fingerprint density at radius 1 is 1.11 bits per heavy atom. The minimum Gasteiger partial charge on any atom is -0.492 e. The SMILES string of the molecule is CC(C)Oc1ccc(NC(=O)CCCOc2ccc(C(C)(C)C)cc2Br)cc1. The third-order valence-corrected chi connectivity index (χ3v) is 4.73. The smallest absolute Gasteiger partial charge is 0.224 e. The first-order chi connectivity index (χ1) is 13.1. The van der Waals surface area contributed by atoms with Gasteiger partial charge in [0, 0.05) is 12.1 Å². The molecule has 4 nitrogen and oxygen atoms in total. The molecule has 0 saturated heterocycles. The van der Waals surface area contributed by atoms with Gasteiger partial charge in [-0.05, 0) is 83.6 Å². The molecule has 1 N–H and O–H groups in total. The lowest BCUT2D eigenvalue weighted by Crippen LogP contribution is -2.13. The second-order valence-electron chi connectivity index (χ2n) is 8.09. The molecule has 0 unspecified atom stereocenters. The van der Waals surface area contributed by atoms with E-state index in [1.807, 2.05) is 44.2 Å². The highest BCUT2D eigenvalue weighted by Crippen LogP contribution is 2.31. The molecular formula is C23H30BrNO3. The highest BCUT2D eigenvalue weighted by atomic mass is 79.9. The fourth-order valence-corrected chi connectivity index (χ4v) is 3.10. The number of anilines is 1. The van der Waals surface area contributed by atoms with E-state index in [9.17, 15) is 4.79 Å². The maximum atomic E-state index is 12.1. The van der Waals surface area contributed by atoms with Crippen molar-refractivity contribution < 1.29 is 14.3 Å². The predicted octanol–water partition coefficient (Wildman–Crippen LogP) is 6.33. The number of amides is 1. The molecular weight excluding hydrogens is 418 g/mol. The molecule has 0 aliphatic carbocycles. The van der Waals surface area contributed by atoms with Gasteiger partial charge in [0.25, 0.3) is 0 Å². The number of hydrogen-bond acceptors (Lipinski definition) is 3. The van der Waals surface area contributed by atoms with Gasteiger partial charge in [-0.25, -0.2) is 0 Å². The van der Waals surface area contributed by atoms with Crippen molar-refractivity contribution in [1.82, 2.24) is 0 Å². The molecule has 5 heteroatoms. The third-order valence-electron chi connectivity index (χ3n) is 4.11. The number of halogens is 1. The van der Waals surface area contributed by atoms with Gasteiger partial charge in [0.2, 0.25) is 5.91 Å². The van der Waals surface area contributed by atoms with Gasteiger partial charge in [-0.1, -0.05) is 26.8 Å². The van der Waals surface area contributed by atoms with E-state index in [1.165, 1.54) is 5.56 Å². The number of rotatable bonds is 8. The summed E-state index contributed by atoms with van der Waals surface area (Å²) in [6.07, 6.45) is 1.18. The van der Waals surface area contributed by atoms with Gasteiger partial charge in [0.05, 0.1) is 17.2 Å². The van der Waals surface area contributed by atoms with Crippen molar-refractivity contribution in [2.75, 3.05) is 11.9 Å². The minimum atomic E-state index is -0.0247. The number of carbonyl (C=O) groups is 1. The normalized spacial score (nSPS) is 11.4. The standard InChI is InChI=1S/C23H30BrNO3/c1-16(2)28-19-11-9-18(10-12-19)25-22(26)7-6-14-27-21-13-8-17(15-20(21)24)23(3,4)5/h8-13,15-16H,6-7,14H2,1-5H3,(H,25,26). The second-order valence-corrected chi connectivity index (χ2v) is 8.94. The summed E-state index contributed by atoms with van der Waals surface area (Å²) < 4.78 is 12.4. The third kappa shape index (κ3) is 7.19. The molecule has 0 spiro atoms. The lowest BCUT2D eigenvalue weighted by Gasteiger charge is -2.20. The summed E-state index contributed by atoms with van der Waals surface area (Å²) in [6, 6.07) is 13.6. The largest absolute Gasteiger partial charge is 0.492 e. The lowest BCUT2D eigenvalue weighted by molar-refractivity contribution is -0.116. The van der Waals surface area contributed by atoms with Crippen molar-refractivity contribution in [3.05, 3.63) is 52.5 Å². The molecule has 0 bridgehead atoms. The van der Waals surface area contributed by atoms with E-state index in [-0.39, 0.29) is 17.4 Å². The Morgan fingerprint density at radius 3 is 2.36 bits per heavy atom. The van der Waals surface area contributed by atoms with Gasteiger partial charge in [-0.15, -0.1) is 0 Å². The van der Waals surface area contributed by atoms with E-state index in [1.54, 1.807) is 0 Å². The summed E-state index contributed by atoms with van der Waals surface area (Å²) in [6.45, 7) is 11.0. The van der Waals surface area contributed by atoms with Gasteiger partial charge in [-0.3, -0.25) is 4.79 Å². The van der Waals surface area contributed by atoms with Crippen LogP contribution in [0.5, 0.6) is 11.5 Å². The first-order valence-corrected chi connectivity index (χ1v) is 10.4. The number of ether oxygens (including phenoxy) is 2. The molecule has 0 aromatic heterocycles. The van der Waals surface area contributed by atoms with Crippen LogP contribution >= 0.6 is 15.9 Å². The first-order valence-electron chi connectivity index (χ1n) is 9.64. The second kappa shape index (κ2) is 9.97. The maximum Gasteiger partial charge on any atom is 0.224 e. The Balaban J connectivity index is 1.75. The molecule has 0 aliphatic heterocycles. The Labute approximate surface area is 176 Å². The molecule has 1 amide bonds. The van der Waals surface area contributed by atoms with Crippen LogP contribution in [0.25, 0.3) is 0 Å². The van der Waals surface area contributed by atoms with Gasteiger partial charge in [-0.2, -0.15) is 0 Å². The van der Waals surface area contributed by atoms with E-state index in [4.69, 9.17) is 9.47 Å². The van der Waals surface area contributed by atoms with Crippen LogP contribution in [-0.2, 0) is 10.2 Å². The van der Waals surface area contributed by atoms with Gasteiger partial charge in [0.15, 0.2) is 0 Å². The molecule has 28 heavy (non-hydrogen) atoms. The number of nitrogens with one attached hydrogen (secondary N) is 1. The van der Waals surface area contributed by atoms with Gasteiger partial charge in [0.1, 0.15) is 11.5 Å². The average molecular weight is 448 g/mol. The first kappa shape index (κ1) is 22.3. The maximum absolute atomic E-state index is 12.1. The van der Waals surface area contributed by atoms with Crippen LogP contribution in [0.3, 0.4) is 0 Å². The Bertz CT molecular complexity index is 779. The van der Waals surface area contributed by atoms with Crippen LogP contribution in [0.15, 0.2) is 46.9 Å². The van der Waals surface area contributed by atoms with Gasteiger partial charge < -0.3 is 14.8 Å². The Morgan fingerprint density at radius 2 is 1.79 bits per heavy atom. The van der Waals surface area contributed by atoms with Crippen LogP contribution in [0.2, 0.25) is 0 Å². The zero-order valence-electron chi connectivity index (χ0n) is 17.3. The summed E-state index contributed by atoms with van der Waals surface area (Å²) in [7, 11) is 0. The van der Waals surface area contributed by atoms with Crippen LogP contribution in [0.1, 0.15) is 53.0 Å². The topological polar surface area (TPSA) is 47.6 Å². The van der Waals surface area contributed by atoms with E-state index >= 15 is 0 Å². The van der Waals surface area contributed by atoms with Crippen molar-refractivity contribution in [3.8, 4) is 11.5 Å². The Kier molecular flexibility index (Phi) is 7.93. The fourth-order valence-electron chi connectivity index (χ4n) is 2.61. The van der Waals surface area contributed by atoms with Crippen LogP contribution in [-0.4, -0.2) is 18.6 Å². The highest BCUT2D eigenvalue weighted by molar-refractivity contribution is 9.10. The van der Waals surface area contributed by atoms with Gasteiger partial charge >= 0.3 is 0 Å². The average Bonchev–Trinajstić information content (AvgIpc) is 2.60. The van der Waals surface area contributed by atoms with Crippen molar-refractivity contribution in [2.45, 2.75) is 59.0 Å². The molecule has 2 aromatic rings. The molecule has 0 heterocycles. The van der Waals surface area contributed by atoms with E-state index in [2.05, 4.69) is 54.2 Å². The number of benzene rings is 2. The van der Waals surface area contributed by atoms with Crippen LogP contribution in [0, 0.1) is 0 Å². The molecule has 0 atom stereocenters. The lowest BCUT2D eigenvalue weighted by atomic mass is 9.87. The molecule has 152 valence electrons. The van der Waals surface area contributed by atoms with Crippen molar-refractivity contribution in [3.63, 3.8) is 0 Å². The summed E-state index contributed by atoms with van der Waals surface area (Å²) in [4.78, 5) is 12.1. The zero-order chi connectivity index (χ0) is 20.7. The molecule has 0 fully saturated rings. The molecule has 2 aromatic carbocycles. The highest BCUT2D eigenvalue weighted by Gasteiger charge is 2.15. The fraction of sp³-hybridized carbons (Fsp3) is 0.435. The van der Waals surface area contributed by atoms with E-state index < -0.39 is 0 Å². The summed E-state index contributed by atoms with van der Waals surface area (Å²) in [5, 5.41) is 2.90. The van der Waals surface area contributed by atoms with Crippen molar-refractivity contribution in [2.24, 2.45) is 0 Å². The predicted molar refractivity (Wildman–Crippen MR) is 118 cm³/mol. The van der Waals surface area contributed by atoms with Crippen molar-refractivity contribution in [1.29, 1.82) is 0 Å². The molecule has 0 aliphatic rings. The number of hydrogen-bond donors (Lipinski definition) is 1. The molecule has 0 saturated carbocycles. The van der Waals surface area contributed by atoms with Crippen molar-refractivity contribution >= 4 is 27.5 Å². The number of carbonyl (C=O) groups excluding carboxylic acids is 1. The summed E-state index contributed by atoms with van der Waals surface area (Å²) in [5.74, 6) is 1.57. The molecule has 0 radical (unpaired) electrons. The van der Waals surface area contributed by atoms with Crippen LogP contribution in [0.4, 0.5) is 5.69 Å². The summed E-state index contributed by atoms with van der Waals surface area (Å²) in [5.41, 5.74) is 2.11. The van der Waals surface area contributed by atoms with E-state index in [0.29, 0.717) is 19.4 Å².